The van der Waals surface area contributed by atoms with Gasteiger partial charge in [0.2, 0.25) is 5.91 Å². The van der Waals surface area contributed by atoms with Crippen molar-refractivity contribution >= 4 is 50.9 Å². The largest absolute Gasteiger partial charge is 0.338 e. The fourth-order valence-electron chi connectivity index (χ4n) is 1.69. The topological polar surface area (TPSA) is 20.3 Å². The number of likely N-dealkylation sites (N-methyl/N-ethyl adjacent to an activating group) is 1. The van der Waals surface area contributed by atoms with Gasteiger partial charge in [-0.2, -0.15) is 0 Å². The number of nitrogens with zero attached hydrogens (tertiary/aromatic N) is 1. The van der Waals surface area contributed by atoms with E-state index in [1.54, 1.807) is 29.4 Å². The van der Waals surface area contributed by atoms with E-state index in [-0.39, 0.29) is 5.91 Å². The lowest BCUT2D eigenvalue weighted by atomic mass is 10.2. The van der Waals surface area contributed by atoms with Gasteiger partial charge in [-0.25, -0.2) is 0 Å². The zero-order valence-electron chi connectivity index (χ0n) is 10.8. The lowest BCUT2D eigenvalue weighted by Gasteiger charge is -2.15. The second-order valence-corrected chi connectivity index (χ2v) is 7.23. The minimum atomic E-state index is -0.0329. The molecule has 0 aliphatic carbocycles. The Bertz CT molecular complexity index is 638. The fraction of sp³-hybridized carbons (Fsp3) is 0.133. The molecule has 0 aliphatic heterocycles. The highest BCUT2D eigenvalue weighted by molar-refractivity contribution is 9.11. The van der Waals surface area contributed by atoms with Gasteiger partial charge in [0.25, 0.3) is 0 Å². The normalized spacial score (nSPS) is 10.9. The minimum absolute atomic E-state index is 0.0329. The highest BCUT2D eigenvalue weighted by Gasteiger charge is 2.06. The minimum Gasteiger partial charge on any atom is -0.338 e. The lowest BCUT2D eigenvalue weighted by Crippen LogP contribution is -2.24. The molecule has 0 aliphatic rings. The molecule has 0 spiro atoms. The first-order valence-corrected chi connectivity index (χ1v) is 7.96. The molecule has 0 N–H and O–H groups in total. The number of thiophene rings is 1. The molecule has 0 unspecified atom stereocenters. The van der Waals surface area contributed by atoms with Crippen molar-refractivity contribution in [2.45, 2.75) is 6.54 Å². The van der Waals surface area contributed by atoms with E-state index in [9.17, 15) is 4.79 Å². The van der Waals surface area contributed by atoms with Crippen LogP contribution in [0.2, 0.25) is 5.02 Å². The Labute approximate surface area is 135 Å². The molecule has 2 rings (SSSR count). The van der Waals surface area contributed by atoms with Crippen LogP contribution < -0.4 is 0 Å². The molecule has 0 radical (unpaired) electrons. The third-order valence-corrected chi connectivity index (χ3v) is 4.49. The van der Waals surface area contributed by atoms with Crippen molar-refractivity contribution in [2.24, 2.45) is 0 Å². The van der Waals surface area contributed by atoms with Crippen molar-refractivity contribution in [1.82, 2.24) is 4.90 Å². The van der Waals surface area contributed by atoms with Crippen LogP contribution in [0.4, 0.5) is 0 Å². The van der Waals surface area contributed by atoms with Crippen LogP contribution >= 0.6 is 38.9 Å². The number of benzene rings is 1. The number of halogens is 2. The first kappa shape index (κ1) is 15.3. The van der Waals surface area contributed by atoms with Crippen LogP contribution in [-0.4, -0.2) is 17.9 Å². The third-order valence-electron chi connectivity index (χ3n) is 2.67. The summed E-state index contributed by atoms with van der Waals surface area (Å²) in [6.45, 7) is 0.540. The molecule has 0 bridgehead atoms. The molecule has 2 aromatic rings. The molecule has 5 heteroatoms. The van der Waals surface area contributed by atoms with Crippen molar-refractivity contribution in [3.63, 3.8) is 0 Å². The second kappa shape index (κ2) is 7.07. The van der Waals surface area contributed by atoms with E-state index < -0.39 is 0 Å². The van der Waals surface area contributed by atoms with E-state index in [1.165, 1.54) is 0 Å². The molecule has 20 heavy (non-hydrogen) atoms. The Balaban J connectivity index is 1.97. The van der Waals surface area contributed by atoms with Crippen LogP contribution in [0.3, 0.4) is 0 Å². The van der Waals surface area contributed by atoms with Gasteiger partial charge in [0.05, 0.1) is 3.79 Å². The molecule has 0 atom stereocenters. The number of rotatable bonds is 4. The van der Waals surface area contributed by atoms with Gasteiger partial charge in [-0.3, -0.25) is 4.79 Å². The van der Waals surface area contributed by atoms with Crippen molar-refractivity contribution in [1.29, 1.82) is 0 Å². The zero-order valence-corrected chi connectivity index (χ0v) is 14.0. The van der Waals surface area contributed by atoms with Crippen molar-refractivity contribution in [3.8, 4) is 0 Å². The molecular weight excluding hydrogens is 358 g/mol. The smallest absolute Gasteiger partial charge is 0.246 e. The number of amides is 1. The van der Waals surface area contributed by atoms with Gasteiger partial charge in [0, 0.05) is 29.6 Å². The van der Waals surface area contributed by atoms with Crippen molar-refractivity contribution < 1.29 is 4.79 Å². The molecule has 0 fully saturated rings. The SMILES string of the molecule is CN(Cc1cccc(Cl)c1)C(=O)/C=C/c1ccc(Br)s1. The van der Waals surface area contributed by atoms with Crippen LogP contribution in [-0.2, 0) is 11.3 Å². The number of hydrogen-bond acceptors (Lipinski definition) is 2. The maximum Gasteiger partial charge on any atom is 0.246 e. The van der Waals surface area contributed by atoms with Gasteiger partial charge >= 0.3 is 0 Å². The highest BCUT2D eigenvalue weighted by Crippen LogP contribution is 2.23. The molecule has 1 amide bonds. The summed E-state index contributed by atoms with van der Waals surface area (Å²) in [7, 11) is 1.78. The highest BCUT2D eigenvalue weighted by atomic mass is 79.9. The summed E-state index contributed by atoms with van der Waals surface area (Å²) < 4.78 is 1.05. The van der Waals surface area contributed by atoms with Gasteiger partial charge in [-0.05, 0) is 51.8 Å². The van der Waals surface area contributed by atoms with E-state index in [0.29, 0.717) is 11.6 Å². The first-order chi connectivity index (χ1) is 9.54. The number of carbonyl (C=O) groups is 1. The van der Waals surface area contributed by atoms with Crippen molar-refractivity contribution in [3.05, 3.63) is 61.7 Å². The van der Waals surface area contributed by atoms with Gasteiger partial charge in [-0.15, -0.1) is 11.3 Å². The first-order valence-electron chi connectivity index (χ1n) is 5.97. The Morgan fingerprint density at radius 1 is 1.40 bits per heavy atom. The lowest BCUT2D eigenvalue weighted by molar-refractivity contribution is -0.125. The molecule has 0 saturated carbocycles. The quantitative estimate of drug-likeness (QED) is 0.705. The Morgan fingerprint density at radius 2 is 2.20 bits per heavy atom. The third kappa shape index (κ3) is 4.47. The van der Waals surface area contributed by atoms with Gasteiger partial charge in [-0.1, -0.05) is 23.7 Å². The molecular formula is C15H13BrClNOS. The Hall–Kier alpha value is -1.10. The predicted octanol–water partition coefficient (Wildman–Crippen LogP) is 4.84. The van der Waals surface area contributed by atoms with Crippen LogP contribution in [0.5, 0.6) is 0 Å². The van der Waals surface area contributed by atoms with Crippen LogP contribution in [0.25, 0.3) is 6.08 Å². The summed E-state index contributed by atoms with van der Waals surface area (Å²) in [6.07, 6.45) is 3.41. The number of carbonyl (C=O) groups excluding carboxylic acids is 1. The van der Waals surface area contributed by atoms with E-state index in [0.717, 1.165) is 14.2 Å². The van der Waals surface area contributed by atoms with Crippen molar-refractivity contribution in [2.75, 3.05) is 7.05 Å². The number of hydrogen-bond donors (Lipinski definition) is 0. The second-order valence-electron chi connectivity index (χ2n) is 4.30. The Kier molecular flexibility index (Phi) is 5.40. The summed E-state index contributed by atoms with van der Waals surface area (Å²) >= 11 is 10.9. The summed E-state index contributed by atoms with van der Waals surface area (Å²) in [4.78, 5) is 14.7. The summed E-state index contributed by atoms with van der Waals surface area (Å²) in [6, 6.07) is 11.5. The summed E-state index contributed by atoms with van der Waals surface area (Å²) in [5, 5.41) is 0.683. The van der Waals surface area contributed by atoms with E-state index in [2.05, 4.69) is 15.9 Å². The summed E-state index contributed by atoms with van der Waals surface area (Å²) in [5.41, 5.74) is 1.01. The average molecular weight is 371 g/mol. The Morgan fingerprint density at radius 3 is 2.85 bits per heavy atom. The molecule has 1 aromatic carbocycles. The molecule has 104 valence electrons. The van der Waals surface area contributed by atoms with E-state index in [1.807, 2.05) is 42.5 Å². The molecule has 1 aromatic heterocycles. The maximum absolute atomic E-state index is 12.0. The van der Waals surface area contributed by atoms with Crippen LogP contribution in [0.1, 0.15) is 10.4 Å². The summed E-state index contributed by atoms with van der Waals surface area (Å²) in [5.74, 6) is -0.0329. The van der Waals surface area contributed by atoms with Crippen LogP contribution in [0.15, 0.2) is 46.3 Å². The maximum atomic E-state index is 12.0. The average Bonchev–Trinajstić information content (AvgIpc) is 2.81. The van der Waals surface area contributed by atoms with Gasteiger partial charge in [0.15, 0.2) is 0 Å². The molecule has 1 heterocycles. The van der Waals surface area contributed by atoms with E-state index in [4.69, 9.17) is 11.6 Å². The predicted molar refractivity (Wildman–Crippen MR) is 89.0 cm³/mol. The monoisotopic (exact) mass is 369 g/mol. The van der Waals surface area contributed by atoms with Crippen LogP contribution in [0, 0.1) is 0 Å². The molecule has 2 nitrogen and oxygen atoms in total. The molecule has 0 saturated heterocycles. The zero-order chi connectivity index (χ0) is 14.5. The van der Waals surface area contributed by atoms with E-state index >= 15 is 0 Å². The van der Waals surface area contributed by atoms with Gasteiger partial charge < -0.3 is 4.90 Å². The fourth-order valence-corrected chi connectivity index (χ4v) is 3.22. The van der Waals surface area contributed by atoms with Gasteiger partial charge in [0.1, 0.15) is 0 Å². The standard InChI is InChI=1S/C15H13BrClNOS/c1-18(10-11-3-2-4-12(17)9-11)15(19)8-6-13-5-7-14(16)20-13/h2-9H,10H2,1H3/b8-6+.